The highest BCUT2D eigenvalue weighted by atomic mass is 32.2. The summed E-state index contributed by atoms with van der Waals surface area (Å²) in [5, 5.41) is 13.5. The number of carbonyl (C=O) groups excluding carboxylic acids is 3. The Labute approximate surface area is 181 Å². The van der Waals surface area contributed by atoms with E-state index in [0.717, 1.165) is 0 Å². The van der Waals surface area contributed by atoms with Crippen LogP contribution in [0.4, 0.5) is 10.8 Å². The van der Waals surface area contributed by atoms with Gasteiger partial charge in [0.1, 0.15) is 5.75 Å². The van der Waals surface area contributed by atoms with Gasteiger partial charge >= 0.3 is 0 Å². The molecule has 2 N–H and O–H groups in total. The predicted molar refractivity (Wildman–Crippen MR) is 116 cm³/mol. The number of amides is 2. The summed E-state index contributed by atoms with van der Waals surface area (Å²) in [5.41, 5.74) is 1.19. The Bertz CT molecular complexity index is 1020. The minimum absolute atomic E-state index is 0.0331. The summed E-state index contributed by atoms with van der Waals surface area (Å²) < 4.78 is 5.92. The van der Waals surface area contributed by atoms with Crippen LogP contribution in [-0.4, -0.2) is 40.2 Å². The quantitative estimate of drug-likeness (QED) is 0.296. The van der Waals surface area contributed by atoms with Crippen LogP contribution < -0.4 is 15.4 Å². The van der Waals surface area contributed by atoms with Gasteiger partial charge in [0.25, 0.3) is 5.91 Å². The molecule has 0 saturated heterocycles. The van der Waals surface area contributed by atoms with Gasteiger partial charge in [0.15, 0.2) is 16.7 Å². The number of thioether (sulfide) groups is 1. The first-order valence-electron chi connectivity index (χ1n) is 8.84. The van der Waals surface area contributed by atoms with Gasteiger partial charge in [0.05, 0.1) is 5.75 Å². The first-order chi connectivity index (χ1) is 14.5. The van der Waals surface area contributed by atoms with Gasteiger partial charge in [-0.2, -0.15) is 0 Å². The zero-order chi connectivity index (χ0) is 21.3. The predicted octanol–water partition coefficient (Wildman–Crippen LogP) is 3.49. The van der Waals surface area contributed by atoms with Gasteiger partial charge in [0.2, 0.25) is 11.0 Å². The number of carbonyl (C=O) groups is 3. The van der Waals surface area contributed by atoms with Crippen molar-refractivity contribution in [1.82, 2.24) is 10.2 Å². The van der Waals surface area contributed by atoms with Crippen LogP contribution >= 0.6 is 23.1 Å². The average molecular weight is 443 g/mol. The van der Waals surface area contributed by atoms with Crippen LogP contribution in [0.25, 0.3) is 0 Å². The highest BCUT2D eigenvalue weighted by Gasteiger charge is 2.11. The lowest BCUT2D eigenvalue weighted by molar-refractivity contribution is -0.118. The molecule has 0 fully saturated rings. The fraction of sp³-hybridized carbons (Fsp3) is 0.150. The van der Waals surface area contributed by atoms with Crippen LogP contribution in [0.3, 0.4) is 0 Å². The van der Waals surface area contributed by atoms with Crippen molar-refractivity contribution >= 4 is 51.5 Å². The summed E-state index contributed by atoms with van der Waals surface area (Å²) >= 11 is 2.38. The SMILES string of the molecule is CC(=O)c1ccc(NC(=O)CSc2nnc(NC(=O)COc3ccccc3)s2)cc1. The van der Waals surface area contributed by atoms with E-state index in [2.05, 4.69) is 20.8 Å². The minimum Gasteiger partial charge on any atom is -0.484 e. The Morgan fingerprint density at radius 2 is 1.70 bits per heavy atom. The molecule has 0 aliphatic carbocycles. The van der Waals surface area contributed by atoms with Gasteiger partial charge in [-0.25, -0.2) is 0 Å². The van der Waals surface area contributed by atoms with Crippen LogP contribution in [0, 0.1) is 0 Å². The molecule has 30 heavy (non-hydrogen) atoms. The van der Waals surface area contributed by atoms with Crippen molar-refractivity contribution in [3.05, 3.63) is 60.2 Å². The number of hydrogen-bond acceptors (Lipinski definition) is 8. The molecule has 2 amide bonds. The van der Waals surface area contributed by atoms with Gasteiger partial charge in [-0.05, 0) is 43.3 Å². The van der Waals surface area contributed by atoms with E-state index in [-0.39, 0.29) is 30.0 Å². The van der Waals surface area contributed by atoms with Crippen molar-refractivity contribution in [3.63, 3.8) is 0 Å². The molecule has 3 rings (SSSR count). The molecule has 2 aromatic carbocycles. The normalized spacial score (nSPS) is 10.3. The molecule has 1 aromatic heterocycles. The molecule has 8 nitrogen and oxygen atoms in total. The second-order valence-electron chi connectivity index (χ2n) is 5.99. The molecule has 0 radical (unpaired) electrons. The third kappa shape index (κ3) is 6.68. The van der Waals surface area contributed by atoms with E-state index in [1.807, 2.05) is 18.2 Å². The fourth-order valence-corrected chi connectivity index (χ4v) is 3.82. The zero-order valence-corrected chi connectivity index (χ0v) is 17.6. The molecule has 0 bridgehead atoms. The Morgan fingerprint density at radius 3 is 2.40 bits per heavy atom. The highest BCUT2D eigenvalue weighted by Crippen LogP contribution is 2.25. The molecule has 10 heteroatoms. The maximum atomic E-state index is 12.1. The minimum atomic E-state index is -0.349. The van der Waals surface area contributed by atoms with E-state index in [9.17, 15) is 14.4 Å². The fourth-order valence-electron chi connectivity index (χ4n) is 2.25. The number of ketones is 1. The second kappa shape index (κ2) is 10.5. The summed E-state index contributed by atoms with van der Waals surface area (Å²) in [4.78, 5) is 35.3. The van der Waals surface area contributed by atoms with Crippen molar-refractivity contribution in [2.75, 3.05) is 23.0 Å². The summed E-state index contributed by atoms with van der Waals surface area (Å²) in [5.74, 6) is 0.136. The lowest BCUT2D eigenvalue weighted by Crippen LogP contribution is -2.20. The third-order valence-corrected chi connectivity index (χ3v) is 5.64. The number of para-hydroxylation sites is 1. The Morgan fingerprint density at radius 1 is 0.967 bits per heavy atom. The number of aromatic nitrogens is 2. The van der Waals surface area contributed by atoms with Crippen LogP contribution in [0.15, 0.2) is 58.9 Å². The first kappa shape index (κ1) is 21.5. The molecule has 0 saturated carbocycles. The lowest BCUT2D eigenvalue weighted by atomic mass is 10.1. The van der Waals surface area contributed by atoms with Crippen LogP contribution in [-0.2, 0) is 9.59 Å². The maximum Gasteiger partial charge on any atom is 0.264 e. The molecular weight excluding hydrogens is 424 g/mol. The Balaban J connectivity index is 1.41. The topological polar surface area (TPSA) is 110 Å². The molecule has 1 heterocycles. The molecule has 0 aliphatic rings. The van der Waals surface area contributed by atoms with Crippen LogP contribution in [0.5, 0.6) is 5.75 Å². The van der Waals surface area contributed by atoms with E-state index in [0.29, 0.717) is 26.5 Å². The van der Waals surface area contributed by atoms with Crippen LogP contribution in [0.1, 0.15) is 17.3 Å². The molecule has 0 unspecified atom stereocenters. The van der Waals surface area contributed by atoms with E-state index >= 15 is 0 Å². The molecular formula is C20H18N4O4S2. The van der Waals surface area contributed by atoms with Gasteiger partial charge in [-0.3, -0.25) is 19.7 Å². The summed E-state index contributed by atoms with van der Waals surface area (Å²) in [6.07, 6.45) is 0. The van der Waals surface area contributed by atoms with Gasteiger partial charge in [-0.1, -0.05) is 41.3 Å². The summed E-state index contributed by atoms with van der Waals surface area (Å²) in [6.45, 7) is 1.34. The average Bonchev–Trinajstić information content (AvgIpc) is 3.19. The summed E-state index contributed by atoms with van der Waals surface area (Å²) in [7, 11) is 0. The van der Waals surface area contributed by atoms with Gasteiger partial charge in [-0.15, -0.1) is 10.2 Å². The van der Waals surface area contributed by atoms with Crippen molar-refractivity contribution in [2.45, 2.75) is 11.3 Å². The smallest absolute Gasteiger partial charge is 0.264 e. The number of benzene rings is 2. The number of rotatable bonds is 9. The molecule has 0 aliphatic heterocycles. The van der Waals surface area contributed by atoms with Crippen molar-refractivity contribution in [1.29, 1.82) is 0 Å². The molecule has 3 aromatic rings. The Hall–Kier alpha value is -3.24. The maximum absolute atomic E-state index is 12.1. The van der Waals surface area contributed by atoms with E-state index in [4.69, 9.17) is 4.74 Å². The first-order valence-corrected chi connectivity index (χ1v) is 10.6. The summed E-state index contributed by atoms with van der Waals surface area (Å²) in [6, 6.07) is 15.7. The monoisotopic (exact) mass is 442 g/mol. The lowest BCUT2D eigenvalue weighted by Gasteiger charge is -2.05. The second-order valence-corrected chi connectivity index (χ2v) is 8.19. The van der Waals surface area contributed by atoms with E-state index < -0.39 is 0 Å². The standard InChI is InChI=1S/C20H18N4O4S2/c1-13(25)14-7-9-15(10-8-14)21-18(27)12-29-20-24-23-19(30-20)22-17(26)11-28-16-5-3-2-4-6-16/h2-10H,11-12H2,1H3,(H,21,27)(H,22,23,26). The largest absolute Gasteiger partial charge is 0.484 e. The molecule has 0 spiro atoms. The van der Waals surface area contributed by atoms with Crippen molar-refractivity contribution < 1.29 is 19.1 Å². The molecule has 0 atom stereocenters. The highest BCUT2D eigenvalue weighted by molar-refractivity contribution is 8.01. The number of ether oxygens (including phenoxy) is 1. The van der Waals surface area contributed by atoms with E-state index in [1.54, 1.807) is 36.4 Å². The number of nitrogens with one attached hydrogen (secondary N) is 2. The van der Waals surface area contributed by atoms with Gasteiger partial charge in [0, 0.05) is 11.3 Å². The number of hydrogen-bond donors (Lipinski definition) is 2. The van der Waals surface area contributed by atoms with Crippen molar-refractivity contribution in [3.8, 4) is 5.75 Å². The zero-order valence-electron chi connectivity index (χ0n) is 16.0. The number of anilines is 2. The molecule has 154 valence electrons. The number of Topliss-reactive ketones (excluding diaryl/α,β-unsaturated/α-hetero) is 1. The van der Waals surface area contributed by atoms with Crippen molar-refractivity contribution in [2.24, 2.45) is 0 Å². The van der Waals surface area contributed by atoms with Gasteiger partial charge < -0.3 is 10.1 Å². The number of nitrogens with zero attached hydrogens (tertiary/aromatic N) is 2. The van der Waals surface area contributed by atoms with Crippen LogP contribution in [0.2, 0.25) is 0 Å². The Kier molecular flexibility index (Phi) is 7.52. The van der Waals surface area contributed by atoms with E-state index in [1.165, 1.54) is 30.0 Å². The third-order valence-electron chi connectivity index (χ3n) is 3.67.